The molecule has 152 valence electrons. The van der Waals surface area contributed by atoms with Crippen molar-refractivity contribution in [1.82, 2.24) is 5.01 Å². The van der Waals surface area contributed by atoms with Gasteiger partial charge in [0.15, 0.2) is 0 Å². The number of carbonyl (C=O) groups is 1. The summed E-state index contributed by atoms with van der Waals surface area (Å²) in [7, 11) is 1.20. The molecule has 2 rings (SSSR count). The van der Waals surface area contributed by atoms with Gasteiger partial charge >= 0.3 is 12.2 Å². The third kappa shape index (κ3) is 4.95. The summed E-state index contributed by atoms with van der Waals surface area (Å²) >= 11 is 16.1. The van der Waals surface area contributed by atoms with Gasteiger partial charge in [-0.2, -0.15) is 13.2 Å². The summed E-state index contributed by atoms with van der Waals surface area (Å²) in [6.07, 6.45) is -4.72. The summed E-state index contributed by atoms with van der Waals surface area (Å²) < 4.78 is 45.9. The van der Waals surface area contributed by atoms with Gasteiger partial charge in [0.2, 0.25) is 0 Å². The van der Waals surface area contributed by atoms with E-state index in [4.69, 9.17) is 39.6 Å². The van der Waals surface area contributed by atoms with Crippen molar-refractivity contribution >= 4 is 47.5 Å². The minimum atomic E-state index is -4.72. The van der Waals surface area contributed by atoms with E-state index in [2.05, 4.69) is 12.6 Å². The number of nitrogens with two attached hydrogens (primary N) is 2. The van der Waals surface area contributed by atoms with Gasteiger partial charge in [-0.3, -0.25) is 5.01 Å². The van der Waals surface area contributed by atoms with Gasteiger partial charge in [-0.1, -0.05) is 29.3 Å². The Kier molecular flexibility index (Phi) is 6.94. The molecule has 2 aromatic carbocycles. The minimum Gasteiger partial charge on any atom is -0.487 e. The first-order chi connectivity index (χ1) is 12.9. The lowest BCUT2D eigenvalue weighted by atomic mass is 10.0. The summed E-state index contributed by atoms with van der Waals surface area (Å²) in [5.41, 5.74) is -1.64. The second-order valence-corrected chi connectivity index (χ2v) is 6.88. The SMILES string of the molecule is CN(N)C(=O)N(N)c1cccc(C(F)(F)F)c1COc1cc(Cl)c(S)cc1Cl. The lowest BCUT2D eigenvalue weighted by molar-refractivity contribution is -0.138. The van der Waals surface area contributed by atoms with Crippen LogP contribution in [0.1, 0.15) is 11.1 Å². The van der Waals surface area contributed by atoms with Crippen LogP contribution in [0.3, 0.4) is 0 Å². The van der Waals surface area contributed by atoms with Crippen molar-refractivity contribution in [3.05, 3.63) is 51.5 Å². The fourth-order valence-electron chi connectivity index (χ4n) is 2.27. The Morgan fingerprint density at radius 3 is 2.43 bits per heavy atom. The molecule has 12 heteroatoms. The number of carbonyl (C=O) groups excluding carboxylic acids is 1. The van der Waals surface area contributed by atoms with Crippen LogP contribution in [0.15, 0.2) is 35.2 Å². The Morgan fingerprint density at radius 1 is 1.21 bits per heavy atom. The molecule has 0 aliphatic rings. The van der Waals surface area contributed by atoms with Gasteiger partial charge in [0, 0.05) is 23.6 Å². The number of amides is 2. The number of rotatable bonds is 4. The highest BCUT2D eigenvalue weighted by atomic mass is 35.5. The van der Waals surface area contributed by atoms with E-state index in [1.165, 1.54) is 25.2 Å². The molecular weight excluding hydrogens is 440 g/mol. The third-order valence-corrected chi connectivity index (χ3v) is 4.71. The Bertz CT molecular complexity index is 897. The number of urea groups is 1. The van der Waals surface area contributed by atoms with Crippen LogP contribution in [0.2, 0.25) is 10.0 Å². The maximum atomic E-state index is 13.5. The molecule has 0 radical (unpaired) electrons. The molecule has 0 aliphatic carbocycles. The largest absolute Gasteiger partial charge is 0.487 e. The fourth-order valence-corrected chi connectivity index (χ4v) is 2.91. The van der Waals surface area contributed by atoms with Gasteiger partial charge in [0.1, 0.15) is 12.4 Å². The highest BCUT2D eigenvalue weighted by molar-refractivity contribution is 7.80. The molecule has 0 bridgehead atoms. The normalized spacial score (nSPS) is 11.3. The Hall–Kier alpha value is -1.85. The van der Waals surface area contributed by atoms with Crippen molar-refractivity contribution in [2.75, 3.05) is 12.1 Å². The zero-order valence-electron chi connectivity index (χ0n) is 14.3. The predicted octanol–water partition coefficient (Wildman–Crippen LogP) is 4.49. The standard InChI is InChI=1S/C16H15Cl2F3N4O2S/c1-24(22)15(26)25(23)12-4-2-3-9(16(19,20)21)8(12)7-27-13-5-11(18)14(28)6-10(13)17/h2-6,28H,7,22-23H2,1H3. The van der Waals surface area contributed by atoms with Crippen LogP contribution >= 0.6 is 35.8 Å². The molecule has 0 atom stereocenters. The highest BCUT2D eigenvalue weighted by Crippen LogP contribution is 2.38. The Labute approximate surface area is 174 Å². The van der Waals surface area contributed by atoms with E-state index in [-0.39, 0.29) is 27.0 Å². The maximum absolute atomic E-state index is 13.5. The summed E-state index contributed by atoms with van der Waals surface area (Å²) in [5, 5.41) is 1.43. The van der Waals surface area contributed by atoms with Crippen LogP contribution in [0.4, 0.5) is 23.7 Å². The fraction of sp³-hybridized carbons (Fsp3) is 0.188. The van der Waals surface area contributed by atoms with Crippen molar-refractivity contribution < 1.29 is 22.7 Å². The van der Waals surface area contributed by atoms with Crippen molar-refractivity contribution in [3.63, 3.8) is 0 Å². The number of benzene rings is 2. The summed E-state index contributed by atoms with van der Waals surface area (Å²) in [6, 6.07) is 4.98. The lowest BCUT2D eigenvalue weighted by Crippen LogP contribution is -2.49. The van der Waals surface area contributed by atoms with Gasteiger partial charge in [0.25, 0.3) is 0 Å². The number of nitrogens with zero attached hydrogens (tertiary/aromatic N) is 2. The Morgan fingerprint density at radius 2 is 1.86 bits per heavy atom. The molecule has 28 heavy (non-hydrogen) atoms. The molecule has 0 saturated carbocycles. The van der Waals surface area contributed by atoms with Gasteiger partial charge < -0.3 is 4.74 Å². The van der Waals surface area contributed by atoms with E-state index in [1.807, 2.05) is 0 Å². The molecule has 4 N–H and O–H groups in total. The predicted molar refractivity (Wildman–Crippen MR) is 104 cm³/mol. The summed E-state index contributed by atoms with van der Waals surface area (Å²) in [6.45, 7) is -0.595. The average Bonchev–Trinajstić information content (AvgIpc) is 2.61. The van der Waals surface area contributed by atoms with E-state index in [1.54, 1.807) is 0 Å². The number of hydrogen-bond donors (Lipinski definition) is 3. The second kappa shape index (κ2) is 8.66. The molecule has 0 aromatic heterocycles. The number of thiol groups is 1. The van der Waals surface area contributed by atoms with Crippen molar-refractivity contribution in [3.8, 4) is 5.75 Å². The van der Waals surface area contributed by atoms with E-state index in [0.29, 0.717) is 14.9 Å². The lowest BCUT2D eigenvalue weighted by Gasteiger charge is -2.25. The number of alkyl halides is 3. The van der Waals surface area contributed by atoms with Crippen LogP contribution in [-0.4, -0.2) is 18.1 Å². The minimum absolute atomic E-state index is 0.0400. The highest BCUT2D eigenvalue weighted by Gasteiger charge is 2.35. The van der Waals surface area contributed by atoms with Crippen LogP contribution in [0.25, 0.3) is 0 Å². The van der Waals surface area contributed by atoms with Crippen LogP contribution < -0.4 is 21.4 Å². The van der Waals surface area contributed by atoms with Crippen LogP contribution in [0, 0.1) is 0 Å². The summed E-state index contributed by atoms with van der Waals surface area (Å²) in [4.78, 5) is 12.4. The summed E-state index contributed by atoms with van der Waals surface area (Å²) in [5.74, 6) is 11.1. The third-order valence-electron chi connectivity index (χ3n) is 3.60. The first-order valence-corrected chi connectivity index (χ1v) is 8.71. The van der Waals surface area contributed by atoms with E-state index >= 15 is 0 Å². The van der Waals surface area contributed by atoms with E-state index in [9.17, 15) is 18.0 Å². The first kappa shape index (κ1) is 22.4. The quantitative estimate of drug-likeness (QED) is 0.275. The topological polar surface area (TPSA) is 84.8 Å². The van der Waals surface area contributed by atoms with Crippen molar-refractivity contribution in [2.24, 2.45) is 11.7 Å². The number of halogens is 5. The first-order valence-electron chi connectivity index (χ1n) is 7.50. The number of ether oxygens (including phenoxy) is 1. The van der Waals surface area contributed by atoms with Gasteiger partial charge in [-0.15, -0.1) is 12.6 Å². The Balaban J connectivity index is 2.48. The second-order valence-electron chi connectivity index (χ2n) is 5.59. The molecule has 6 nitrogen and oxygen atoms in total. The molecule has 0 saturated heterocycles. The van der Waals surface area contributed by atoms with E-state index < -0.39 is 24.4 Å². The molecular formula is C16H15Cl2F3N4O2S. The molecule has 0 spiro atoms. The van der Waals surface area contributed by atoms with E-state index in [0.717, 1.165) is 12.1 Å². The van der Waals surface area contributed by atoms with Crippen LogP contribution in [-0.2, 0) is 12.8 Å². The molecule has 0 heterocycles. The molecule has 2 aromatic rings. The van der Waals surface area contributed by atoms with Crippen LogP contribution in [0.5, 0.6) is 5.75 Å². The van der Waals surface area contributed by atoms with Gasteiger partial charge in [-0.25, -0.2) is 21.5 Å². The molecule has 0 fully saturated rings. The molecule has 2 amide bonds. The van der Waals surface area contributed by atoms with Crippen molar-refractivity contribution in [2.45, 2.75) is 17.7 Å². The number of anilines is 1. The van der Waals surface area contributed by atoms with Gasteiger partial charge in [-0.05, 0) is 18.2 Å². The maximum Gasteiger partial charge on any atom is 0.416 e. The smallest absolute Gasteiger partial charge is 0.416 e. The zero-order valence-corrected chi connectivity index (χ0v) is 16.7. The monoisotopic (exact) mass is 454 g/mol. The molecule has 0 unspecified atom stereocenters. The van der Waals surface area contributed by atoms with Crippen molar-refractivity contribution in [1.29, 1.82) is 0 Å². The average molecular weight is 455 g/mol. The van der Waals surface area contributed by atoms with Gasteiger partial charge in [0.05, 0.1) is 21.3 Å². The number of hydrogen-bond acceptors (Lipinski definition) is 5. The number of hydrazine groups is 2. The zero-order chi connectivity index (χ0) is 21.2. The molecule has 0 aliphatic heterocycles.